The second-order valence-electron chi connectivity index (χ2n) is 4.73. The van der Waals surface area contributed by atoms with E-state index in [-0.39, 0.29) is 5.95 Å². The fraction of sp³-hybridized carbons (Fsp3) is 0.545. The predicted octanol–water partition coefficient (Wildman–Crippen LogP) is 0.754. The van der Waals surface area contributed by atoms with E-state index in [1.807, 2.05) is 0 Å². The highest BCUT2D eigenvalue weighted by Crippen LogP contribution is 2.18. The maximum atomic E-state index is 9.81. The SMILES string of the molecule is CC(C)CC(O)CNc1nc(N)nc2[nH]ncc12. The first-order chi connectivity index (χ1) is 8.56. The number of anilines is 2. The Kier molecular flexibility index (Phi) is 3.61. The van der Waals surface area contributed by atoms with Crippen molar-refractivity contribution in [1.29, 1.82) is 0 Å². The van der Waals surface area contributed by atoms with Crippen LogP contribution in [0.5, 0.6) is 0 Å². The Morgan fingerprint density at radius 1 is 1.44 bits per heavy atom. The average Bonchev–Trinajstić information content (AvgIpc) is 2.72. The maximum Gasteiger partial charge on any atom is 0.224 e. The van der Waals surface area contributed by atoms with Crippen molar-refractivity contribution in [2.75, 3.05) is 17.6 Å². The van der Waals surface area contributed by atoms with E-state index >= 15 is 0 Å². The first-order valence-corrected chi connectivity index (χ1v) is 5.94. The number of aromatic amines is 1. The summed E-state index contributed by atoms with van der Waals surface area (Å²) >= 11 is 0. The van der Waals surface area contributed by atoms with Gasteiger partial charge in [-0.25, -0.2) is 0 Å². The molecular formula is C11H18N6O. The third-order valence-electron chi connectivity index (χ3n) is 2.58. The van der Waals surface area contributed by atoms with Crippen LogP contribution in [-0.4, -0.2) is 37.9 Å². The lowest BCUT2D eigenvalue weighted by Gasteiger charge is -2.14. The van der Waals surface area contributed by atoms with E-state index in [2.05, 4.69) is 39.3 Å². The fourth-order valence-corrected chi connectivity index (χ4v) is 1.83. The highest BCUT2D eigenvalue weighted by molar-refractivity contribution is 5.86. The molecule has 0 saturated carbocycles. The molecule has 2 aromatic heterocycles. The molecule has 2 rings (SSSR count). The highest BCUT2D eigenvalue weighted by atomic mass is 16.3. The van der Waals surface area contributed by atoms with Crippen LogP contribution in [0.1, 0.15) is 20.3 Å². The predicted molar refractivity (Wildman–Crippen MR) is 70.0 cm³/mol. The lowest BCUT2D eigenvalue weighted by molar-refractivity contribution is 0.161. The smallest absolute Gasteiger partial charge is 0.224 e. The van der Waals surface area contributed by atoms with Crippen LogP contribution in [0, 0.1) is 5.92 Å². The van der Waals surface area contributed by atoms with Crippen molar-refractivity contribution in [3.8, 4) is 0 Å². The lowest BCUT2D eigenvalue weighted by Crippen LogP contribution is -2.22. The van der Waals surface area contributed by atoms with E-state index in [1.54, 1.807) is 6.20 Å². The number of H-pyrrole nitrogens is 1. The average molecular weight is 250 g/mol. The minimum absolute atomic E-state index is 0.174. The van der Waals surface area contributed by atoms with E-state index in [9.17, 15) is 5.11 Å². The summed E-state index contributed by atoms with van der Waals surface area (Å²) in [6.45, 7) is 4.56. The number of rotatable bonds is 5. The molecule has 18 heavy (non-hydrogen) atoms. The van der Waals surface area contributed by atoms with Crippen LogP contribution >= 0.6 is 0 Å². The normalized spacial score (nSPS) is 13.1. The van der Waals surface area contributed by atoms with Crippen molar-refractivity contribution in [2.45, 2.75) is 26.4 Å². The molecule has 2 heterocycles. The molecule has 0 radical (unpaired) electrons. The van der Waals surface area contributed by atoms with Crippen LogP contribution in [0.2, 0.25) is 0 Å². The number of hydrogen-bond donors (Lipinski definition) is 4. The molecule has 0 aliphatic rings. The minimum atomic E-state index is -0.414. The van der Waals surface area contributed by atoms with Gasteiger partial charge in [-0.2, -0.15) is 15.1 Å². The van der Waals surface area contributed by atoms with Crippen LogP contribution in [-0.2, 0) is 0 Å². The number of nitrogens with zero attached hydrogens (tertiary/aromatic N) is 3. The Labute approximate surface area is 105 Å². The third-order valence-corrected chi connectivity index (χ3v) is 2.58. The van der Waals surface area contributed by atoms with Gasteiger partial charge < -0.3 is 16.2 Å². The van der Waals surface area contributed by atoms with Gasteiger partial charge in [0.25, 0.3) is 0 Å². The Morgan fingerprint density at radius 2 is 2.22 bits per heavy atom. The van der Waals surface area contributed by atoms with Gasteiger partial charge in [-0.1, -0.05) is 13.8 Å². The van der Waals surface area contributed by atoms with Crippen molar-refractivity contribution >= 4 is 22.8 Å². The van der Waals surface area contributed by atoms with Gasteiger partial charge in [-0.15, -0.1) is 0 Å². The summed E-state index contributed by atoms with van der Waals surface area (Å²) in [4.78, 5) is 8.13. The van der Waals surface area contributed by atoms with Crippen LogP contribution in [0.4, 0.5) is 11.8 Å². The van der Waals surface area contributed by atoms with Gasteiger partial charge in [0, 0.05) is 6.54 Å². The van der Waals surface area contributed by atoms with Gasteiger partial charge in [-0.05, 0) is 12.3 Å². The van der Waals surface area contributed by atoms with Gasteiger partial charge in [0.05, 0.1) is 17.7 Å². The van der Waals surface area contributed by atoms with Crippen molar-refractivity contribution < 1.29 is 5.11 Å². The van der Waals surface area contributed by atoms with E-state index < -0.39 is 6.10 Å². The molecular weight excluding hydrogens is 232 g/mol. The summed E-state index contributed by atoms with van der Waals surface area (Å²) < 4.78 is 0. The van der Waals surface area contributed by atoms with Gasteiger partial charge >= 0.3 is 0 Å². The van der Waals surface area contributed by atoms with E-state index in [4.69, 9.17) is 5.73 Å². The third kappa shape index (κ3) is 2.86. The molecule has 0 aliphatic carbocycles. The molecule has 0 fully saturated rings. The number of aliphatic hydroxyl groups excluding tert-OH is 1. The zero-order valence-corrected chi connectivity index (χ0v) is 10.5. The summed E-state index contributed by atoms with van der Waals surface area (Å²) in [5, 5.41) is 20.3. The Bertz CT molecular complexity index is 523. The molecule has 1 unspecified atom stereocenters. The molecule has 0 bridgehead atoms. The molecule has 2 aromatic rings. The maximum absolute atomic E-state index is 9.81. The summed E-state index contributed by atoms with van der Waals surface area (Å²) in [6, 6.07) is 0. The number of nitrogens with two attached hydrogens (primary N) is 1. The summed E-state index contributed by atoms with van der Waals surface area (Å²) in [6.07, 6.45) is 1.96. The highest BCUT2D eigenvalue weighted by Gasteiger charge is 2.11. The van der Waals surface area contributed by atoms with Crippen LogP contribution in [0.25, 0.3) is 11.0 Å². The van der Waals surface area contributed by atoms with Gasteiger partial charge in [0.15, 0.2) is 5.65 Å². The molecule has 0 aromatic carbocycles. The van der Waals surface area contributed by atoms with Crippen molar-refractivity contribution in [3.05, 3.63) is 6.20 Å². The second-order valence-corrected chi connectivity index (χ2v) is 4.73. The van der Waals surface area contributed by atoms with Gasteiger partial charge in [0.2, 0.25) is 5.95 Å². The fourth-order valence-electron chi connectivity index (χ4n) is 1.83. The number of nitrogen functional groups attached to an aromatic ring is 1. The minimum Gasteiger partial charge on any atom is -0.391 e. The van der Waals surface area contributed by atoms with E-state index in [0.717, 1.165) is 11.8 Å². The number of aliphatic hydroxyl groups is 1. The molecule has 98 valence electrons. The first-order valence-electron chi connectivity index (χ1n) is 5.94. The molecule has 0 amide bonds. The van der Waals surface area contributed by atoms with Crippen molar-refractivity contribution in [2.24, 2.45) is 5.92 Å². The largest absolute Gasteiger partial charge is 0.391 e. The Morgan fingerprint density at radius 3 is 2.94 bits per heavy atom. The van der Waals surface area contributed by atoms with Crippen molar-refractivity contribution in [3.63, 3.8) is 0 Å². The van der Waals surface area contributed by atoms with E-state index in [1.165, 1.54) is 0 Å². The lowest BCUT2D eigenvalue weighted by atomic mass is 10.1. The van der Waals surface area contributed by atoms with Crippen LogP contribution in [0.3, 0.4) is 0 Å². The molecule has 1 atom stereocenters. The topological polar surface area (TPSA) is 113 Å². The molecule has 0 saturated heterocycles. The zero-order chi connectivity index (χ0) is 13.1. The Hall–Kier alpha value is -1.89. The van der Waals surface area contributed by atoms with Crippen LogP contribution < -0.4 is 11.1 Å². The van der Waals surface area contributed by atoms with Crippen molar-refractivity contribution in [1.82, 2.24) is 20.2 Å². The summed E-state index contributed by atoms with van der Waals surface area (Å²) in [7, 11) is 0. The summed E-state index contributed by atoms with van der Waals surface area (Å²) in [5.41, 5.74) is 6.18. The Balaban J connectivity index is 2.09. The summed E-state index contributed by atoms with van der Waals surface area (Å²) in [5.74, 6) is 1.22. The quantitative estimate of drug-likeness (QED) is 0.623. The second kappa shape index (κ2) is 5.18. The van der Waals surface area contributed by atoms with Gasteiger partial charge in [0.1, 0.15) is 5.82 Å². The first kappa shape index (κ1) is 12.6. The number of fused-ring (bicyclic) bond motifs is 1. The standard InChI is InChI=1S/C11H18N6O/c1-6(2)3-7(18)4-13-9-8-5-14-17-10(8)16-11(12)15-9/h5-7,18H,3-4H2,1-2H3,(H4,12,13,14,15,16,17). The molecule has 5 N–H and O–H groups in total. The zero-order valence-electron chi connectivity index (χ0n) is 10.5. The molecule has 7 heteroatoms. The molecule has 0 spiro atoms. The number of hydrogen-bond acceptors (Lipinski definition) is 6. The monoisotopic (exact) mass is 250 g/mol. The molecule has 7 nitrogen and oxygen atoms in total. The number of nitrogens with one attached hydrogen (secondary N) is 2. The number of aromatic nitrogens is 4. The molecule has 0 aliphatic heterocycles. The van der Waals surface area contributed by atoms with Gasteiger partial charge in [-0.3, -0.25) is 5.10 Å². The van der Waals surface area contributed by atoms with Crippen LogP contribution in [0.15, 0.2) is 6.20 Å². The van der Waals surface area contributed by atoms with E-state index in [0.29, 0.717) is 23.9 Å².